The highest BCUT2D eigenvalue weighted by Crippen LogP contribution is 2.66. The van der Waals surface area contributed by atoms with Gasteiger partial charge in [0.1, 0.15) is 0 Å². The zero-order valence-corrected chi connectivity index (χ0v) is 42.6. The zero-order chi connectivity index (χ0) is 49.2. The van der Waals surface area contributed by atoms with Crippen LogP contribution in [0.3, 0.4) is 0 Å². The average molecular weight is 921 g/mol. The summed E-state index contributed by atoms with van der Waals surface area (Å²) in [4.78, 5) is 4.98. The Morgan fingerprint density at radius 3 is 1.63 bits per heavy atom. The van der Waals surface area contributed by atoms with E-state index in [9.17, 15) is 0 Å². The number of benzene rings is 9. The molecule has 1 atom stereocenters. The smallest absolute Gasteiger partial charge is 0.0727 e. The van der Waals surface area contributed by atoms with E-state index in [1.165, 1.54) is 100 Å². The van der Waals surface area contributed by atoms with E-state index in [1.54, 1.807) is 0 Å². The van der Waals surface area contributed by atoms with Gasteiger partial charge in [-0.25, -0.2) is 0 Å². The first kappa shape index (κ1) is 45.7. The molecule has 9 aromatic carbocycles. The minimum atomic E-state index is -0.624. The Bertz CT molecular complexity index is 3530. The molecule has 0 N–H and O–H groups in total. The lowest BCUT2D eigenvalue weighted by Gasteiger charge is -2.34. The Hall–Kier alpha value is -7.68. The number of anilines is 5. The monoisotopic (exact) mass is 921 g/mol. The molecule has 0 bridgehead atoms. The number of rotatable bonds is 9. The maximum absolute atomic E-state index is 4.11. The summed E-state index contributed by atoms with van der Waals surface area (Å²) in [5, 5.41) is 2.68. The lowest BCUT2D eigenvalue weighted by Crippen LogP contribution is -2.27. The number of allylic oxidation sites excluding steroid dienone is 2. The van der Waals surface area contributed by atoms with Crippen molar-refractivity contribution in [2.45, 2.75) is 72.6 Å². The van der Waals surface area contributed by atoms with Crippen molar-refractivity contribution in [2.24, 2.45) is 5.41 Å². The molecule has 0 aliphatic heterocycles. The minimum Gasteiger partial charge on any atom is -0.341 e. The third-order valence-corrected chi connectivity index (χ3v) is 15.3. The first-order valence-electron chi connectivity index (χ1n) is 25.7. The van der Waals surface area contributed by atoms with Gasteiger partial charge >= 0.3 is 0 Å². The topological polar surface area (TPSA) is 6.48 Å². The molecule has 3 aliphatic carbocycles. The lowest BCUT2D eigenvalue weighted by atomic mass is 9.70. The SMILES string of the molecule is C=C/C=C(\CCN(c1ccccc1)c1ccc2c(c1)C1(c3cc(N(c4ccccc4)c4ccc(C(C)(C)C)cc4)ccc3-2)c2ccccc2-c2c1cc1c3c(cccc23)-c2ccccc2-1)C(C)(C)C.CC. The average Bonchev–Trinajstić information content (AvgIpc) is 3.99. The van der Waals surface area contributed by atoms with E-state index in [-0.39, 0.29) is 10.8 Å². The molecule has 0 radical (unpaired) electrons. The van der Waals surface area contributed by atoms with Crippen LogP contribution in [0.25, 0.3) is 55.3 Å². The van der Waals surface area contributed by atoms with Crippen LogP contribution in [-0.2, 0) is 10.8 Å². The van der Waals surface area contributed by atoms with Crippen LogP contribution in [0.1, 0.15) is 89.6 Å². The van der Waals surface area contributed by atoms with E-state index in [4.69, 9.17) is 0 Å². The fourth-order valence-corrected chi connectivity index (χ4v) is 12.1. The normalized spacial score (nSPS) is 14.8. The van der Waals surface area contributed by atoms with Gasteiger partial charge in [-0.15, -0.1) is 0 Å². The van der Waals surface area contributed by atoms with Gasteiger partial charge in [-0.3, -0.25) is 0 Å². The molecule has 1 unspecified atom stereocenters. The van der Waals surface area contributed by atoms with Crippen LogP contribution in [0.4, 0.5) is 28.4 Å². The molecular weight excluding hydrogens is 857 g/mol. The van der Waals surface area contributed by atoms with Gasteiger partial charge in [-0.2, -0.15) is 0 Å². The van der Waals surface area contributed by atoms with Gasteiger partial charge in [0.05, 0.1) is 5.41 Å². The molecule has 12 rings (SSSR count). The van der Waals surface area contributed by atoms with Crippen LogP contribution < -0.4 is 9.80 Å². The van der Waals surface area contributed by atoms with Crippen molar-refractivity contribution in [3.63, 3.8) is 0 Å². The Morgan fingerprint density at radius 2 is 1.00 bits per heavy atom. The largest absolute Gasteiger partial charge is 0.341 e. The summed E-state index contributed by atoms with van der Waals surface area (Å²) < 4.78 is 0. The molecule has 2 nitrogen and oxygen atoms in total. The second-order valence-corrected chi connectivity index (χ2v) is 21.3. The summed E-state index contributed by atoms with van der Waals surface area (Å²) in [5.41, 5.74) is 23.7. The molecule has 9 aromatic rings. The summed E-state index contributed by atoms with van der Waals surface area (Å²) in [6, 6.07) is 73.6. The Morgan fingerprint density at radius 1 is 0.465 bits per heavy atom. The second kappa shape index (κ2) is 17.6. The van der Waals surface area contributed by atoms with Gasteiger partial charge in [0.2, 0.25) is 0 Å². The Kier molecular flexibility index (Phi) is 11.4. The summed E-state index contributed by atoms with van der Waals surface area (Å²) in [6.07, 6.45) is 5.07. The van der Waals surface area contributed by atoms with Gasteiger partial charge in [0, 0.05) is 35.0 Å². The van der Waals surface area contributed by atoms with Crippen molar-refractivity contribution in [1.29, 1.82) is 0 Å². The number of hydrogen-bond acceptors (Lipinski definition) is 2. The summed E-state index contributed by atoms with van der Waals surface area (Å²) in [6.45, 7) is 22.7. The number of fused-ring (bicyclic) bond motifs is 14. The third-order valence-electron chi connectivity index (χ3n) is 15.3. The quantitative estimate of drug-likeness (QED) is 0.133. The van der Waals surface area contributed by atoms with Crippen LogP contribution in [0.2, 0.25) is 0 Å². The molecule has 0 fully saturated rings. The van der Waals surface area contributed by atoms with Crippen molar-refractivity contribution in [1.82, 2.24) is 0 Å². The van der Waals surface area contributed by atoms with Crippen molar-refractivity contribution in [3.8, 4) is 44.5 Å². The van der Waals surface area contributed by atoms with Crippen LogP contribution in [-0.4, -0.2) is 6.54 Å². The maximum Gasteiger partial charge on any atom is 0.0727 e. The fourth-order valence-electron chi connectivity index (χ4n) is 12.1. The first-order valence-corrected chi connectivity index (χ1v) is 25.7. The van der Waals surface area contributed by atoms with Crippen molar-refractivity contribution < 1.29 is 0 Å². The molecule has 0 saturated carbocycles. The highest BCUT2D eigenvalue weighted by Gasteiger charge is 2.53. The molecule has 350 valence electrons. The molecule has 0 saturated heterocycles. The van der Waals surface area contributed by atoms with Gasteiger partial charge in [-0.05, 0) is 167 Å². The first-order chi connectivity index (χ1) is 34.5. The van der Waals surface area contributed by atoms with Gasteiger partial charge in [-0.1, -0.05) is 207 Å². The summed E-state index contributed by atoms with van der Waals surface area (Å²) in [5.74, 6) is 0. The van der Waals surface area contributed by atoms with E-state index in [0.29, 0.717) is 0 Å². The van der Waals surface area contributed by atoms with Gasteiger partial charge in [0.25, 0.3) is 0 Å². The third kappa shape index (κ3) is 7.29. The molecule has 71 heavy (non-hydrogen) atoms. The van der Waals surface area contributed by atoms with E-state index >= 15 is 0 Å². The minimum absolute atomic E-state index is 0.0140. The van der Waals surface area contributed by atoms with Crippen LogP contribution in [0, 0.1) is 5.41 Å². The van der Waals surface area contributed by atoms with E-state index < -0.39 is 5.41 Å². The van der Waals surface area contributed by atoms with E-state index in [1.807, 2.05) is 19.9 Å². The zero-order valence-electron chi connectivity index (χ0n) is 42.6. The van der Waals surface area contributed by atoms with Crippen molar-refractivity contribution in [2.75, 3.05) is 16.3 Å². The van der Waals surface area contributed by atoms with Gasteiger partial charge in [0.15, 0.2) is 0 Å². The van der Waals surface area contributed by atoms with Crippen LogP contribution >= 0.6 is 0 Å². The van der Waals surface area contributed by atoms with E-state index in [2.05, 4.69) is 258 Å². The Balaban J connectivity index is 0.00000270. The predicted octanol–water partition coefficient (Wildman–Crippen LogP) is 19.3. The molecular formula is C69H64N2. The molecule has 0 aromatic heterocycles. The van der Waals surface area contributed by atoms with Gasteiger partial charge < -0.3 is 9.80 Å². The standard InChI is InChI=1S/C67H58N2.C2H6/c1-8-20-44(65(2,3)4)39-40-68(46-21-11-9-12-22-46)49-35-37-53-54-38-36-50(69(47-23-13-10-14-24-47)48-33-31-45(32-34-48)66(5,6)7)42-61(54)67(60(53)41-49)59-30-18-17-27-56(59)64-57-29-19-28-55-51-25-15-16-26-52(51)58(63(55)57)43-62(64)67;1-2/h8-38,41-43H,1,39-40H2,2-7H3;1-2H3/b44-20+;. The maximum atomic E-state index is 4.11. The number of nitrogens with zero attached hydrogens (tertiary/aromatic N) is 2. The Labute approximate surface area is 422 Å². The van der Waals surface area contributed by atoms with Crippen LogP contribution in [0.5, 0.6) is 0 Å². The fraction of sp³-hybridized carbons (Fsp3) is 0.188. The highest BCUT2D eigenvalue weighted by atomic mass is 15.1. The van der Waals surface area contributed by atoms with Crippen molar-refractivity contribution >= 4 is 39.2 Å². The predicted molar refractivity (Wildman–Crippen MR) is 305 cm³/mol. The number of hydrogen-bond donors (Lipinski definition) is 0. The molecule has 1 spiro atoms. The van der Waals surface area contributed by atoms with Crippen LogP contribution in [0.15, 0.2) is 218 Å². The molecule has 3 aliphatic rings. The van der Waals surface area contributed by atoms with Crippen molar-refractivity contribution in [3.05, 3.63) is 246 Å². The second-order valence-electron chi connectivity index (χ2n) is 21.3. The highest BCUT2D eigenvalue weighted by molar-refractivity contribution is 6.21. The lowest BCUT2D eigenvalue weighted by molar-refractivity contribution is 0.483. The van der Waals surface area contributed by atoms with E-state index in [0.717, 1.165) is 30.0 Å². The molecule has 0 amide bonds. The molecule has 2 heteroatoms. The summed E-state index contributed by atoms with van der Waals surface area (Å²) >= 11 is 0. The molecule has 0 heterocycles. The summed E-state index contributed by atoms with van der Waals surface area (Å²) in [7, 11) is 0. The number of para-hydroxylation sites is 2.